The topological polar surface area (TPSA) is 33.5 Å². The number of anilines is 2. The van der Waals surface area contributed by atoms with Crippen LogP contribution in [0.25, 0.3) is 27.6 Å². The summed E-state index contributed by atoms with van der Waals surface area (Å²) in [5.41, 5.74) is 9.09. The molecule has 6 aromatic rings. The molecule has 0 N–H and O–H groups in total. The van der Waals surface area contributed by atoms with Gasteiger partial charge in [0.25, 0.3) is 0 Å². The standard InChI is InChI=1S/C39H35N4O.Pt/c1-26-20-27(2)38(28(3)21-26)42-19-18-41(25-42)30-10-9-11-31(23-30)44-32-14-15-34-33-12-7-8-13-35(33)43(36(34)24-32)37-22-29(16-17-40-37)39(4,5)6;/h7-22,25H,1-6H3;/q-3;. The molecule has 45 heavy (non-hydrogen) atoms. The second-order valence-electron chi connectivity index (χ2n) is 12.6. The van der Waals surface area contributed by atoms with Crippen molar-refractivity contribution in [3.05, 3.63) is 139 Å². The summed E-state index contributed by atoms with van der Waals surface area (Å²) in [5, 5.41) is 2.26. The van der Waals surface area contributed by atoms with Crippen molar-refractivity contribution >= 4 is 33.2 Å². The molecule has 0 fully saturated rings. The molecule has 0 spiro atoms. The Morgan fingerprint density at radius 3 is 2.27 bits per heavy atom. The van der Waals surface area contributed by atoms with Gasteiger partial charge in [0.1, 0.15) is 5.82 Å². The van der Waals surface area contributed by atoms with Crippen LogP contribution in [0.4, 0.5) is 11.4 Å². The van der Waals surface area contributed by atoms with Crippen LogP contribution in [0.3, 0.4) is 0 Å². The number of rotatable bonds is 5. The predicted molar refractivity (Wildman–Crippen MR) is 181 cm³/mol. The first-order valence-electron chi connectivity index (χ1n) is 15.0. The fourth-order valence-corrected chi connectivity index (χ4v) is 6.15. The second-order valence-corrected chi connectivity index (χ2v) is 12.6. The Morgan fingerprint density at radius 1 is 0.756 bits per heavy atom. The summed E-state index contributed by atoms with van der Waals surface area (Å²) >= 11 is 0. The number of benzene rings is 4. The number of para-hydroxylation sites is 1. The van der Waals surface area contributed by atoms with Gasteiger partial charge in [-0.1, -0.05) is 62.2 Å². The molecule has 0 atom stereocenters. The fraction of sp³-hybridized carbons (Fsp3) is 0.179. The van der Waals surface area contributed by atoms with Crippen molar-refractivity contribution in [1.82, 2.24) is 9.55 Å². The minimum Gasteiger partial charge on any atom is -0.509 e. The van der Waals surface area contributed by atoms with E-state index >= 15 is 0 Å². The summed E-state index contributed by atoms with van der Waals surface area (Å²) in [7, 11) is 0. The number of hydrogen-bond acceptors (Lipinski definition) is 4. The van der Waals surface area contributed by atoms with Crippen molar-refractivity contribution in [3.63, 3.8) is 0 Å². The quantitative estimate of drug-likeness (QED) is 0.164. The molecule has 0 saturated carbocycles. The molecule has 1 aliphatic heterocycles. The van der Waals surface area contributed by atoms with Crippen LogP contribution in [-0.4, -0.2) is 9.55 Å². The van der Waals surface area contributed by atoms with Crippen LogP contribution in [0, 0.1) is 39.6 Å². The van der Waals surface area contributed by atoms with Crippen LogP contribution in [0.1, 0.15) is 43.0 Å². The monoisotopic (exact) mass is 770 g/mol. The molecule has 0 saturated heterocycles. The third-order valence-electron chi connectivity index (χ3n) is 8.18. The first-order valence-corrected chi connectivity index (χ1v) is 15.0. The summed E-state index contributed by atoms with van der Waals surface area (Å²) < 4.78 is 8.57. The van der Waals surface area contributed by atoms with Crippen molar-refractivity contribution in [1.29, 1.82) is 0 Å². The van der Waals surface area contributed by atoms with E-state index in [1.807, 2.05) is 36.7 Å². The maximum Gasteiger partial charge on any atom is 0.135 e. The first kappa shape index (κ1) is 30.7. The number of hydrogen-bond donors (Lipinski definition) is 0. The zero-order valence-corrected chi connectivity index (χ0v) is 28.6. The van der Waals surface area contributed by atoms with E-state index in [2.05, 4.69) is 136 Å². The van der Waals surface area contributed by atoms with Crippen molar-refractivity contribution in [2.24, 2.45) is 0 Å². The van der Waals surface area contributed by atoms with Crippen LogP contribution >= 0.6 is 0 Å². The molecule has 1 aliphatic rings. The predicted octanol–water partition coefficient (Wildman–Crippen LogP) is 9.71. The number of ether oxygens (including phenoxy) is 1. The van der Waals surface area contributed by atoms with Crippen molar-refractivity contribution in [2.75, 3.05) is 9.80 Å². The number of nitrogens with zero attached hydrogens (tertiary/aromatic N) is 4. The molecular weight excluding hydrogens is 736 g/mol. The van der Waals surface area contributed by atoms with Gasteiger partial charge in [-0.25, -0.2) is 4.98 Å². The van der Waals surface area contributed by atoms with E-state index in [1.54, 1.807) is 0 Å². The smallest absolute Gasteiger partial charge is 0.135 e. The first-order chi connectivity index (χ1) is 21.2. The second kappa shape index (κ2) is 11.9. The summed E-state index contributed by atoms with van der Waals surface area (Å²) in [4.78, 5) is 9.01. The number of fused-ring (bicyclic) bond motifs is 3. The van der Waals surface area contributed by atoms with Gasteiger partial charge in [-0.2, -0.15) is 12.1 Å². The normalized spacial score (nSPS) is 13.1. The molecule has 4 aromatic carbocycles. The maximum absolute atomic E-state index is 6.39. The van der Waals surface area contributed by atoms with E-state index in [1.165, 1.54) is 27.9 Å². The number of aromatic nitrogens is 2. The largest absolute Gasteiger partial charge is 0.509 e. The Hall–Kier alpha value is -4.34. The Morgan fingerprint density at radius 2 is 1.49 bits per heavy atom. The number of pyridine rings is 1. The van der Waals surface area contributed by atoms with Crippen molar-refractivity contribution < 1.29 is 25.8 Å². The zero-order valence-electron chi connectivity index (χ0n) is 26.3. The Kier molecular flexibility index (Phi) is 8.09. The molecule has 0 unspecified atom stereocenters. The maximum atomic E-state index is 6.39. The molecule has 0 bridgehead atoms. The summed E-state index contributed by atoms with van der Waals surface area (Å²) in [6, 6.07) is 34.2. The van der Waals surface area contributed by atoms with E-state index in [0.29, 0.717) is 11.5 Å². The van der Waals surface area contributed by atoms with Gasteiger partial charge in [-0.05, 0) is 78.9 Å². The van der Waals surface area contributed by atoms with Crippen LogP contribution in [0.5, 0.6) is 11.5 Å². The Balaban J connectivity index is 0.00000357. The average Bonchev–Trinajstić information content (AvgIpc) is 3.59. The fourth-order valence-electron chi connectivity index (χ4n) is 6.15. The summed E-state index contributed by atoms with van der Waals surface area (Å²) in [6.45, 7) is 15.2. The molecule has 5 nitrogen and oxygen atoms in total. The van der Waals surface area contributed by atoms with E-state index in [-0.39, 0.29) is 26.5 Å². The molecule has 0 amide bonds. The van der Waals surface area contributed by atoms with Gasteiger partial charge in [0.05, 0.1) is 0 Å². The molecule has 0 radical (unpaired) electrons. The third kappa shape index (κ3) is 5.78. The van der Waals surface area contributed by atoms with Crippen LogP contribution in [0.2, 0.25) is 0 Å². The number of aryl methyl sites for hydroxylation is 3. The average molecular weight is 771 g/mol. The van der Waals surface area contributed by atoms with Gasteiger partial charge < -0.3 is 19.1 Å². The molecule has 0 aliphatic carbocycles. The van der Waals surface area contributed by atoms with Gasteiger partial charge in [0.15, 0.2) is 0 Å². The van der Waals surface area contributed by atoms with Crippen LogP contribution in [0.15, 0.2) is 97.5 Å². The van der Waals surface area contributed by atoms with Gasteiger partial charge in [-0.3, -0.25) is 0 Å². The molecule has 2 aromatic heterocycles. The zero-order chi connectivity index (χ0) is 30.6. The summed E-state index contributed by atoms with van der Waals surface area (Å²) in [5.74, 6) is 2.11. The van der Waals surface area contributed by atoms with Gasteiger partial charge >= 0.3 is 0 Å². The molecule has 3 heterocycles. The molecule has 7 rings (SSSR count). The van der Waals surface area contributed by atoms with E-state index in [4.69, 9.17) is 9.72 Å². The van der Waals surface area contributed by atoms with Gasteiger partial charge in [0.2, 0.25) is 0 Å². The Labute approximate surface area is 280 Å². The van der Waals surface area contributed by atoms with Crippen LogP contribution < -0.4 is 14.5 Å². The molecule has 6 heteroatoms. The van der Waals surface area contributed by atoms with E-state index in [9.17, 15) is 0 Å². The van der Waals surface area contributed by atoms with Gasteiger partial charge in [-0.15, -0.1) is 48.1 Å². The molecule has 230 valence electrons. The SMILES string of the molecule is Cc1cc(C)c(N2C=CN(c3[c-]c(Oc4[c-]c5c(cc4)c4ccccc4n5-c4cc(C(C)(C)C)ccn4)ccc3)[CH-]2)c(C)c1.[Pt]. The minimum absolute atomic E-state index is 0. The molecular formula is C39H35N4OPt-3. The van der Waals surface area contributed by atoms with Crippen LogP contribution in [-0.2, 0) is 26.5 Å². The minimum atomic E-state index is 0. The third-order valence-corrected chi connectivity index (χ3v) is 8.18. The van der Waals surface area contributed by atoms with E-state index in [0.717, 1.165) is 33.3 Å². The van der Waals surface area contributed by atoms with Crippen molar-refractivity contribution in [2.45, 2.75) is 47.0 Å². The van der Waals surface area contributed by atoms with E-state index < -0.39 is 0 Å². The van der Waals surface area contributed by atoms with Gasteiger partial charge in [0, 0.05) is 50.0 Å². The van der Waals surface area contributed by atoms with Crippen molar-refractivity contribution in [3.8, 4) is 17.3 Å². The summed E-state index contributed by atoms with van der Waals surface area (Å²) in [6.07, 6.45) is 6.02. The Bertz CT molecular complexity index is 2050.